The number of anilines is 1. The lowest BCUT2D eigenvalue weighted by Crippen LogP contribution is -1.82. The van der Waals surface area contributed by atoms with E-state index in [1.807, 2.05) is 36.4 Å². The third kappa shape index (κ3) is 2.15. The fourth-order valence-electron chi connectivity index (χ4n) is 1.76. The van der Waals surface area contributed by atoms with Crippen molar-refractivity contribution in [1.82, 2.24) is 4.98 Å². The molecule has 17 heavy (non-hydrogen) atoms. The van der Waals surface area contributed by atoms with Gasteiger partial charge in [-0.15, -0.1) is 0 Å². The molecule has 2 nitrogen and oxygen atoms in total. The Kier molecular flexibility index (Phi) is 2.53. The highest BCUT2D eigenvalue weighted by Gasteiger charge is 2.01. The Balaban J connectivity index is 1.92. The molecule has 0 radical (unpaired) electrons. The maximum Gasteiger partial charge on any atom is 0.0780 e. The predicted molar refractivity (Wildman–Crippen MR) is 73.3 cm³/mol. The monoisotopic (exact) mass is 240 g/mol. The molecule has 1 aromatic heterocycles. The van der Waals surface area contributed by atoms with Gasteiger partial charge in [0.1, 0.15) is 0 Å². The van der Waals surface area contributed by atoms with Crippen molar-refractivity contribution in [2.24, 2.45) is 0 Å². The van der Waals surface area contributed by atoms with E-state index < -0.39 is 0 Å². The normalized spacial score (nSPS) is 10.8. The second kappa shape index (κ2) is 4.18. The van der Waals surface area contributed by atoms with Crippen molar-refractivity contribution in [2.45, 2.75) is 9.92 Å². The highest BCUT2D eigenvalue weighted by molar-refractivity contribution is 7.99. The van der Waals surface area contributed by atoms with E-state index in [-0.39, 0.29) is 0 Å². The third-order valence-electron chi connectivity index (χ3n) is 2.61. The molecule has 0 aliphatic carbocycles. The number of hydrogen-bond acceptors (Lipinski definition) is 2. The predicted octanol–water partition coefficient (Wildman–Crippen LogP) is 3.90. The number of nitrogens with two attached hydrogens (primary N) is 1. The summed E-state index contributed by atoms with van der Waals surface area (Å²) in [5.41, 5.74) is 7.63. The zero-order chi connectivity index (χ0) is 11.7. The number of aromatic nitrogens is 1. The average molecular weight is 240 g/mol. The van der Waals surface area contributed by atoms with Crippen molar-refractivity contribution in [1.29, 1.82) is 0 Å². The minimum Gasteiger partial charge on any atom is -0.399 e. The van der Waals surface area contributed by atoms with Gasteiger partial charge in [0.25, 0.3) is 0 Å². The number of aromatic amines is 1. The largest absolute Gasteiger partial charge is 0.399 e. The van der Waals surface area contributed by atoms with Gasteiger partial charge in [0.05, 0.1) is 5.03 Å². The van der Waals surface area contributed by atoms with Gasteiger partial charge in [0, 0.05) is 21.5 Å². The molecule has 1 heterocycles. The van der Waals surface area contributed by atoms with E-state index in [1.165, 1.54) is 15.8 Å². The summed E-state index contributed by atoms with van der Waals surface area (Å²) in [5, 5.41) is 2.39. The standard InChI is InChI=1S/C14H12N2S/c15-11-5-7-12(8-6-11)17-14-9-10-3-1-2-4-13(10)16-14/h1-9,16H,15H2. The summed E-state index contributed by atoms with van der Waals surface area (Å²) in [7, 11) is 0. The van der Waals surface area contributed by atoms with Crippen LogP contribution in [-0.2, 0) is 0 Å². The van der Waals surface area contributed by atoms with Gasteiger partial charge in [-0.25, -0.2) is 0 Å². The van der Waals surface area contributed by atoms with Crippen LogP contribution in [0.5, 0.6) is 0 Å². The minimum atomic E-state index is 0.797. The van der Waals surface area contributed by atoms with Crippen molar-refractivity contribution in [2.75, 3.05) is 5.73 Å². The summed E-state index contributed by atoms with van der Waals surface area (Å²) in [6.45, 7) is 0. The lowest BCUT2D eigenvalue weighted by Gasteiger charge is -1.98. The first-order valence-electron chi connectivity index (χ1n) is 5.42. The van der Waals surface area contributed by atoms with Gasteiger partial charge in [-0.3, -0.25) is 0 Å². The van der Waals surface area contributed by atoms with Crippen molar-refractivity contribution in [3.63, 3.8) is 0 Å². The van der Waals surface area contributed by atoms with Crippen LogP contribution < -0.4 is 5.73 Å². The van der Waals surface area contributed by atoms with E-state index >= 15 is 0 Å². The summed E-state index contributed by atoms with van der Waals surface area (Å²) in [6, 6.07) is 18.4. The molecule has 0 aliphatic rings. The van der Waals surface area contributed by atoms with Crippen LogP contribution in [0.1, 0.15) is 0 Å². The van der Waals surface area contributed by atoms with Crippen LogP contribution in [0.4, 0.5) is 5.69 Å². The maximum atomic E-state index is 5.66. The highest BCUT2D eigenvalue weighted by Crippen LogP contribution is 2.29. The van der Waals surface area contributed by atoms with Gasteiger partial charge < -0.3 is 10.7 Å². The molecule has 3 N–H and O–H groups in total. The highest BCUT2D eigenvalue weighted by atomic mass is 32.2. The van der Waals surface area contributed by atoms with Crippen LogP contribution in [0.25, 0.3) is 10.9 Å². The number of nitrogen functional groups attached to an aromatic ring is 1. The molecule has 0 amide bonds. The van der Waals surface area contributed by atoms with Crippen molar-refractivity contribution < 1.29 is 0 Å². The third-order valence-corrected chi connectivity index (χ3v) is 3.56. The number of benzene rings is 2. The van der Waals surface area contributed by atoms with E-state index in [9.17, 15) is 0 Å². The zero-order valence-corrected chi connectivity index (χ0v) is 10.00. The molecular formula is C14H12N2S. The first kappa shape index (κ1) is 10.3. The van der Waals surface area contributed by atoms with E-state index in [4.69, 9.17) is 5.73 Å². The average Bonchev–Trinajstić information content (AvgIpc) is 2.74. The van der Waals surface area contributed by atoms with Gasteiger partial charge in [0.15, 0.2) is 0 Å². The van der Waals surface area contributed by atoms with Crippen molar-refractivity contribution >= 4 is 28.4 Å². The summed E-state index contributed by atoms with van der Waals surface area (Å²) in [4.78, 5) is 4.58. The van der Waals surface area contributed by atoms with E-state index in [2.05, 4.69) is 23.2 Å². The Morgan fingerprint density at radius 1 is 0.941 bits per heavy atom. The van der Waals surface area contributed by atoms with Gasteiger partial charge in [-0.05, 0) is 36.4 Å². The Bertz CT molecular complexity index is 608. The Hall–Kier alpha value is -1.87. The first-order chi connectivity index (χ1) is 8.31. The topological polar surface area (TPSA) is 41.8 Å². The number of rotatable bonds is 2. The quantitative estimate of drug-likeness (QED) is 0.667. The van der Waals surface area contributed by atoms with Gasteiger partial charge >= 0.3 is 0 Å². The van der Waals surface area contributed by atoms with E-state index in [0.29, 0.717) is 0 Å². The summed E-state index contributed by atoms with van der Waals surface area (Å²) in [6.07, 6.45) is 0. The number of H-pyrrole nitrogens is 1. The van der Waals surface area contributed by atoms with E-state index in [0.717, 1.165) is 10.7 Å². The molecule has 0 bridgehead atoms. The molecule has 0 atom stereocenters. The number of hydrogen-bond donors (Lipinski definition) is 2. The van der Waals surface area contributed by atoms with Crippen LogP contribution in [0.15, 0.2) is 64.5 Å². The molecule has 0 unspecified atom stereocenters. The molecule has 0 fully saturated rings. The molecule has 2 aromatic carbocycles. The zero-order valence-electron chi connectivity index (χ0n) is 9.18. The molecule has 0 saturated carbocycles. The smallest absolute Gasteiger partial charge is 0.0780 e. The molecule has 0 spiro atoms. The molecular weight excluding hydrogens is 228 g/mol. The second-order valence-electron chi connectivity index (χ2n) is 3.89. The Morgan fingerprint density at radius 3 is 2.47 bits per heavy atom. The van der Waals surface area contributed by atoms with Crippen LogP contribution in [0, 0.1) is 0 Å². The summed E-state index contributed by atoms with van der Waals surface area (Å²) >= 11 is 1.71. The molecule has 3 rings (SSSR count). The fourth-order valence-corrected chi connectivity index (χ4v) is 2.64. The molecule has 0 saturated heterocycles. The minimum absolute atomic E-state index is 0.797. The van der Waals surface area contributed by atoms with Gasteiger partial charge in [-0.2, -0.15) is 0 Å². The van der Waals surface area contributed by atoms with Crippen LogP contribution in [-0.4, -0.2) is 4.98 Å². The van der Waals surface area contributed by atoms with Crippen molar-refractivity contribution in [3.8, 4) is 0 Å². The van der Waals surface area contributed by atoms with Gasteiger partial charge in [0.2, 0.25) is 0 Å². The van der Waals surface area contributed by atoms with Crippen LogP contribution >= 0.6 is 11.8 Å². The number of nitrogens with one attached hydrogen (secondary N) is 1. The molecule has 0 aliphatic heterocycles. The maximum absolute atomic E-state index is 5.66. The lowest BCUT2D eigenvalue weighted by atomic mass is 10.3. The molecule has 84 valence electrons. The second-order valence-corrected chi connectivity index (χ2v) is 5.01. The Labute approximate surface area is 104 Å². The fraction of sp³-hybridized carbons (Fsp3) is 0. The van der Waals surface area contributed by atoms with E-state index in [1.54, 1.807) is 11.8 Å². The summed E-state index contributed by atoms with van der Waals surface area (Å²) < 4.78 is 0. The number of fused-ring (bicyclic) bond motifs is 1. The molecule has 3 heteroatoms. The summed E-state index contributed by atoms with van der Waals surface area (Å²) in [5.74, 6) is 0. The SMILES string of the molecule is Nc1ccc(Sc2cc3ccccc3[nH]2)cc1. The lowest BCUT2D eigenvalue weighted by molar-refractivity contribution is 1.23. The van der Waals surface area contributed by atoms with Crippen LogP contribution in [0.2, 0.25) is 0 Å². The Morgan fingerprint density at radius 2 is 1.71 bits per heavy atom. The van der Waals surface area contributed by atoms with Crippen LogP contribution in [0.3, 0.4) is 0 Å². The molecule has 3 aromatic rings. The van der Waals surface area contributed by atoms with Crippen molar-refractivity contribution in [3.05, 3.63) is 54.6 Å². The van der Waals surface area contributed by atoms with Gasteiger partial charge in [-0.1, -0.05) is 30.0 Å². The number of para-hydroxylation sites is 1. The first-order valence-corrected chi connectivity index (χ1v) is 6.24.